The minimum Gasteiger partial charge on any atom is -0.325 e. The predicted octanol–water partition coefficient (Wildman–Crippen LogP) is 2.55. The van der Waals surface area contributed by atoms with Crippen molar-refractivity contribution in [1.82, 2.24) is 0 Å². The molecule has 66 valence electrons. The van der Waals surface area contributed by atoms with Crippen LogP contribution >= 0.6 is 0 Å². The molecule has 1 saturated carbocycles. The van der Waals surface area contributed by atoms with Crippen molar-refractivity contribution < 1.29 is 0 Å². The Bertz CT molecular complexity index is 137. The van der Waals surface area contributed by atoms with Gasteiger partial charge < -0.3 is 5.73 Å². The van der Waals surface area contributed by atoms with Crippen LogP contribution in [0, 0.1) is 11.3 Å². The Balaban J connectivity index is 2.40. The molecule has 0 spiro atoms. The lowest BCUT2D eigenvalue weighted by Gasteiger charge is -2.50. The molecule has 1 rings (SSSR count). The van der Waals surface area contributed by atoms with Gasteiger partial charge in [-0.25, -0.2) is 0 Å². The van der Waals surface area contributed by atoms with Crippen LogP contribution in [0.4, 0.5) is 0 Å². The fraction of sp³-hybridized carbons (Fsp3) is 1.00. The van der Waals surface area contributed by atoms with Crippen molar-refractivity contribution in [3.05, 3.63) is 0 Å². The summed E-state index contributed by atoms with van der Waals surface area (Å²) in [6.07, 6.45) is 3.60. The molecule has 0 atom stereocenters. The molecule has 0 radical (unpaired) electrons. The van der Waals surface area contributed by atoms with Gasteiger partial charge in [-0.2, -0.15) is 0 Å². The van der Waals surface area contributed by atoms with Crippen LogP contribution in [0.25, 0.3) is 0 Å². The maximum Gasteiger partial charge on any atom is 0.0157 e. The van der Waals surface area contributed by atoms with E-state index in [9.17, 15) is 0 Å². The van der Waals surface area contributed by atoms with Crippen LogP contribution in [0.2, 0.25) is 0 Å². The Morgan fingerprint density at radius 3 is 2.09 bits per heavy atom. The summed E-state index contributed by atoms with van der Waals surface area (Å²) in [5.74, 6) is 0.854. The zero-order valence-corrected chi connectivity index (χ0v) is 8.28. The maximum atomic E-state index is 6.09. The normalized spacial score (nSPS) is 38.5. The Hall–Kier alpha value is -0.0400. The highest BCUT2D eigenvalue weighted by Gasteiger charge is 2.44. The van der Waals surface area contributed by atoms with E-state index in [1.807, 2.05) is 0 Å². The molecule has 1 aliphatic carbocycles. The molecule has 0 aromatic carbocycles. The fourth-order valence-electron chi connectivity index (χ4n) is 1.82. The van der Waals surface area contributed by atoms with E-state index in [-0.39, 0.29) is 5.54 Å². The van der Waals surface area contributed by atoms with E-state index in [0.29, 0.717) is 5.41 Å². The second-order valence-electron chi connectivity index (χ2n) is 5.19. The van der Waals surface area contributed by atoms with E-state index in [2.05, 4.69) is 27.7 Å². The van der Waals surface area contributed by atoms with Crippen molar-refractivity contribution in [2.75, 3.05) is 0 Å². The van der Waals surface area contributed by atoms with E-state index in [1.165, 1.54) is 12.8 Å². The predicted molar refractivity (Wildman–Crippen MR) is 49.4 cm³/mol. The van der Waals surface area contributed by atoms with Crippen molar-refractivity contribution in [1.29, 1.82) is 0 Å². The first-order valence-corrected chi connectivity index (χ1v) is 4.66. The quantitative estimate of drug-likeness (QED) is 0.618. The molecule has 1 fully saturated rings. The minimum absolute atomic E-state index is 0.192. The van der Waals surface area contributed by atoms with E-state index >= 15 is 0 Å². The molecule has 2 N–H and O–H groups in total. The third-order valence-electron chi connectivity index (χ3n) is 3.23. The summed E-state index contributed by atoms with van der Waals surface area (Å²) in [6.45, 7) is 9.13. The molecule has 1 aliphatic rings. The van der Waals surface area contributed by atoms with Crippen LogP contribution in [0.15, 0.2) is 0 Å². The highest BCUT2D eigenvalue weighted by atomic mass is 14.8. The van der Waals surface area contributed by atoms with Gasteiger partial charge in [-0.15, -0.1) is 0 Å². The van der Waals surface area contributed by atoms with Gasteiger partial charge in [0.2, 0.25) is 0 Å². The first-order chi connectivity index (χ1) is 4.87. The first-order valence-electron chi connectivity index (χ1n) is 4.66. The minimum atomic E-state index is 0.192. The number of rotatable bonds is 1. The van der Waals surface area contributed by atoms with Gasteiger partial charge in [0, 0.05) is 5.54 Å². The molecule has 0 amide bonds. The SMILES string of the molecule is CCC1(N)CC(C(C)(C)C)C1. The van der Waals surface area contributed by atoms with Crippen molar-refractivity contribution in [3.63, 3.8) is 0 Å². The summed E-state index contributed by atoms with van der Waals surface area (Å²) in [6, 6.07) is 0. The van der Waals surface area contributed by atoms with Gasteiger partial charge in [-0.1, -0.05) is 27.7 Å². The smallest absolute Gasteiger partial charge is 0.0157 e. The monoisotopic (exact) mass is 155 g/mol. The highest BCUT2D eigenvalue weighted by Crippen LogP contribution is 2.47. The Morgan fingerprint density at radius 1 is 1.36 bits per heavy atom. The largest absolute Gasteiger partial charge is 0.325 e. The lowest BCUT2D eigenvalue weighted by molar-refractivity contribution is 0.0485. The van der Waals surface area contributed by atoms with Crippen molar-refractivity contribution in [2.24, 2.45) is 17.1 Å². The average molecular weight is 155 g/mol. The molecule has 0 heterocycles. The average Bonchev–Trinajstić information content (AvgIpc) is 1.78. The van der Waals surface area contributed by atoms with Crippen LogP contribution in [-0.4, -0.2) is 5.54 Å². The molecule has 0 aromatic rings. The summed E-state index contributed by atoms with van der Waals surface area (Å²) in [5.41, 5.74) is 6.75. The van der Waals surface area contributed by atoms with E-state index in [0.717, 1.165) is 12.3 Å². The standard InChI is InChI=1S/C10H21N/c1-5-10(11)6-8(7-10)9(2,3)4/h8H,5-7,11H2,1-4H3. The van der Waals surface area contributed by atoms with Crippen LogP contribution in [0.1, 0.15) is 47.0 Å². The van der Waals surface area contributed by atoms with Gasteiger partial charge in [0.05, 0.1) is 0 Å². The Kier molecular flexibility index (Phi) is 2.04. The second kappa shape index (κ2) is 2.48. The fourth-order valence-corrected chi connectivity index (χ4v) is 1.82. The van der Waals surface area contributed by atoms with E-state index < -0.39 is 0 Å². The molecule has 0 saturated heterocycles. The zero-order valence-electron chi connectivity index (χ0n) is 8.28. The topological polar surface area (TPSA) is 26.0 Å². The third kappa shape index (κ3) is 1.76. The number of nitrogens with two attached hydrogens (primary N) is 1. The van der Waals surface area contributed by atoms with Gasteiger partial charge in [0.15, 0.2) is 0 Å². The van der Waals surface area contributed by atoms with Crippen molar-refractivity contribution >= 4 is 0 Å². The van der Waals surface area contributed by atoms with Gasteiger partial charge in [0.1, 0.15) is 0 Å². The van der Waals surface area contributed by atoms with Crippen LogP contribution < -0.4 is 5.73 Å². The van der Waals surface area contributed by atoms with Gasteiger partial charge >= 0.3 is 0 Å². The van der Waals surface area contributed by atoms with Gasteiger partial charge in [-0.05, 0) is 30.6 Å². The lowest BCUT2D eigenvalue weighted by atomic mass is 9.58. The Labute approximate surface area is 70.4 Å². The molecule has 1 heteroatoms. The van der Waals surface area contributed by atoms with E-state index in [4.69, 9.17) is 5.73 Å². The van der Waals surface area contributed by atoms with Crippen LogP contribution in [0.3, 0.4) is 0 Å². The lowest BCUT2D eigenvalue weighted by Crippen LogP contribution is -2.54. The molecular weight excluding hydrogens is 134 g/mol. The van der Waals surface area contributed by atoms with Crippen molar-refractivity contribution in [3.8, 4) is 0 Å². The molecular formula is C10H21N. The number of hydrogen-bond donors (Lipinski definition) is 1. The van der Waals surface area contributed by atoms with Gasteiger partial charge in [-0.3, -0.25) is 0 Å². The van der Waals surface area contributed by atoms with E-state index in [1.54, 1.807) is 0 Å². The molecule has 0 bridgehead atoms. The van der Waals surface area contributed by atoms with Gasteiger partial charge in [0.25, 0.3) is 0 Å². The number of hydrogen-bond acceptors (Lipinski definition) is 1. The second-order valence-corrected chi connectivity index (χ2v) is 5.19. The first kappa shape index (κ1) is 9.05. The molecule has 11 heavy (non-hydrogen) atoms. The zero-order chi connectivity index (χ0) is 8.70. The summed E-state index contributed by atoms with van der Waals surface area (Å²) in [4.78, 5) is 0. The highest BCUT2D eigenvalue weighted by molar-refractivity contribution is 5.00. The summed E-state index contributed by atoms with van der Waals surface area (Å²) in [5, 5.41) is 0. The van der Waals surface area contributed by atoms with Crippen LogP contribution in [0.5, 0.6) is 0 Å². The summed E-state index contributed by atoms with van der Waals surface area (Å²) >= 11 is 0. The third-order valence-corrected chi connectivity index (χ3v) is 3.23. The van der Waals surface area contributed by atoms with Crippen molar-refractivity contribution in [2.45, 2.75) is 52.5 Å². The summed E-state index contributed by atoms with van der Waals surface area (Å²) in [7, 11) is 0. The molecule has 1 nitrogen and oxygen atoms in total. The maximum absolute atomic E-state index is 6.09. The molecule has 0 unspecified atom stereocenters. The molecule has 0 aromatic heterocycles. The Morgan fingerprint density at radius 2 is 1.82 bits per heavy atom. The van der Waals surface area contributed by atoms with Crippen LogP contribution in [-0.2, 0) is 0 Å². The summed E-state index contributed by atoms with van der Waals surface area (Å²) < 4.78 is 0. The molecule has 0 aliphatic heterocycles.